The zero-order valence-corrected chi connectivity index (χ0v) is 22.8. The number of anilines is 1. The summed E-state index contributed by atoms with van der Waals surface area (Å²) in [7, 11) is 6.64. The third-order valence-corrected chi connectivity index (χ3v) is 8.24. The van der Waals surface area contributed by atoms with E-state index in [4.69, 9.17) is 9.47 Å². The van der Waals surface area contributed by atoms with Crippen molar-refractivity contribution in [2.24, 2.45) is 0 Å². The van der Waals surface area contributed by atoms with Crippen LogP contribution in [0.25, 0.3) is 0 Å². The molecule has 0 aliphatic carbocycles. The minimum atomic E-state index is -0.0151. The van der Waals surface area contributed by atoms with Crippen LogP contribution >= 0.6 is 8.58 Å². The van der Waals surface area contributed by atoms with Gasteiger partial charge in [-0.1, -0.05) is 91.9 Å². The van der Waals surface area contributed by atoms with Crippen molar-refractivity contribution in [1.29, 1.82) is 0 Å². The fraction of sp³-hybridized carbons (Fsp3) is 0.571. The van der Waals surface area contributed by atoms with Crippen molar-refractivity contribution >= 4 is 19.6 Å². The van der Waals surface area contributed by atoms with Gasteiger partial charge in [-0.3, -0.25) is 0 Å². The molecule has 2 atom stereocenters. The van der Waals surface area contributed by atoms with Crippen LogP contribution < -0.4 is 14.9 Å². The molecule has 2 aromatic rings. The molecule has 0 saturated heterocycles. The van der Waals surface area contributed by atoms with Gasteiger partial charge in [0.25, 0.3) is 0 Å². The molecule has 0 heterocycles. The standard InChI is InChI=1S/C28H44NO2P/c1-10-12-17-28(11-2,32-25-16-14-13-15-24(25)29(7)8)23-19-21(3)18-22(27(4,5)6)26(23)31-20-30-9/h13-16,18-19,32H,10-12,17,20H2,1-9H3. The summed E-state index contributed by atoms with van der Waals surface area (Å²) in [6.07, 6.45) is 4.61. The summed E-state index contributed by atoms with van der Waals surface area (Å²) in [6, 6.07) is 13.5. The highest BCUT2D eigenvalue weighted by molar-refractivity contribution is 7.49. The monoisotopic (exact) mass is 457 g/mol. The normalized spacial score (nSPS) is 14.0. The number of hydrogen-bond acceptors (Lipinski definition) is 3. The first-order chi connectivity index (χ1) is 15.1. The van der Waals surface area contributed by atoms with Gasteiger partial charge in [-0.15, -0.1) is 0 Å². The highest BCUT2D eigenvalue weighted by Gasteiger charge is 2.36. The van der Waals surface area contributed by atoms with Crippen LogP contribution in [-0.4, -0.2) is 28.0 Å². The third kappa shape index (κ3) is 6.27. The molecule has 0 saturated carbocycles. The molecule has 2 unspecified atom stereocenters. The van der Waals surface area contributed by atoms with Gasteiger partial charge in [-0.25, -0.2) is 0 Å². The predicted octanol–water partition coefficient (Wildman–Crippen LogP) is 7.14. The molecule has 0 N–H and O–H groups in total. The molecule has 0 aliphatic heterocycles. The Labute approximate surface area is 198 Å². The molecule has 0 aromatic heterocycles. The SMILES string of the molecule is CCCCC(CC)(Pc1ccccc1N(C)C)c1cc(C)cc(C(C)(C)C)c1OCOC. The Hall–Kier alpha value is -1.57. The van der Waals surface area contributed by atoms with E-state index in [2.05, 4.69) is 96.9 Å². The fourth-order valence-corrected chi connectivity index (χ4v) is 6.31. The number of methoxy groups -OCH3 is 1. The van der Waals surface area contributed by atoms with Gasteiger partial charge < -0.3 is 14.4 Å². The summed E-state index contributed by atoms with van der Waals surface area (Å²) in [4.78, 5) is 2.24. The van der Waals surface area contributed by atoms with E-state index >= 15 is 0 Å². The first kappa shape index (κ1) is 26.7. The quantitative estimate of drug-likeness (QED) is 0.264. The van der Waals surface area contributed by atoms with Crippen LogP contribution in [0.2, 0.25) is 0 Å². The smallest absolute Gasteiger partial charge is 0.188 e. The summed E-state index contributed by atoms with van der Waals surface area (Å²) in [5.41, 5.74) is 5.21. The van der Waals surface area contributed by atoms with E-state index in [1.165, 1.54) is 40.5 Å². The molecule has 32 heavy (non-hydrogen) atoms. The van der Waals surface area contributed by atoms with Crippen molar-refractivity contribution in [2.75, 3.05) is 32.9 Å². The molecule has 0 bridgehead atoms. The summed E-state index contributed by atoms with van der Waals surface area (Å²) >= 11 is 0. The van der Waals surface area contributed by atoms with Crippen LogP contribution in [0.15, 0.2) is 36.4 Å². The molecule has 2 aromatic carbocycles. The molecule has 0 amide bonds. The van der Waals surface area contributed by atoms with Gasteiger partial charge in [0.1, 0.15) is 5.75 Å². The minimum Gasteiger partial charge on any atom is -0.467 e. The second-order valence-corrected chi connectivity index (χ2v) is 11.8. The molecule has 0 spiro atoms. The topological polar surface area (TPSA) is 21.7 Å². The lowest BCUT2D eigenvalue weighted by Crippen LogP contribution is -2.28. The van der Waals surface area contributed by atoms with Crippen molar-refractivity contribution in [3.8, 4) is 5.75 Å². The summed E-state index contributed by atoms with van der Waals surface area (Å²) in [5.74, 6) is 1.03. The summed E-state index contributed by atoms with van der Waals surface area (Å²) in [6.45, 7) is 13.9. The molecule has 2 rings (SSSR count). The molecular weight excluding hydrogens is 413 g/mol. The van der Waals surface area contributed by atoms with E-state index in [0.717, 1.165) is 18.6 Å². The molecule has 178 valence electrons. The lowest BCUT2D eigenvalue weighted by atomic mass is 9.80. The van der Waals surface area contributed by atoms with E-state index in [9.17, 15) is 0 Å². The van der Waals surface area contributed by atoms with Crippen LogP contribution in [0.5, 0.6) is 5.75 Å². The number of benzene rings is 2. The van der Waals surface area contributed by atoms with Gasteiger partial charge in [0.05, 0.1) is 0 Å². The number of unbranched alkanes of at least 4 members (excludes halogenated alkanes) is 1. The predicted molar refractivity (Wildman–Crippen MR) is 143 cm³/mol. The Morgan fingerprint density at radius 3 is 2.22 bits per heavy atom. The van der Waals surface area contributed by atoms with Crippen LogP contribution in [-0.2, 0) is 15.3 Å². The van der Waals surface area contributed by atoms with E-state index in [0.29, 0.717) is 8.58 Å². The van der Waals surface area contributed by atoms with Gasteiger partial charge in [-0.05, 0) is 36.6 Å². The van der Waals surface area contributed by atoms with E-state index in [1.807, 2.05) is 0 Å². The molecule has 0 radical (unpaired) electrons. The van der Waals surface area contributed by atoms with Crippen molar-refractivity contribution in [1.82, 2.24) is 0 Å². The maximum atomic E-state index is 6.37. The largest absolute Gasteiger partial charge is 0.467 e. The number of hydrogen-bond donors (Lipinski definition) is 0. The molecule has 3 nitrogen and oxygen atoms in total. The number of rotatable bonds is 11. The zero-order valence-electron chi connectivity index (χ0n) is 21.8. The first-order valence-corrected chi connectivity index (χ1v) is 12.9. The van der Waals surface area contributed by atoms with Crippen LogP contribution in [0.1, 0.15) is 77.0 Å². The Kier molecular flexibility index (Phi) is 9.61. The van der Waals surface area contributed by atoms with Crippen molar-refractivity contribution in [3.63, 3.8) is 0 Å². The lowest BCUT2D eigenvalue weighted by Gasteiger charge is -2.38. The highest BCUT2D eigenvalue weighted by Crippen LogP contribution is 2.54. The van der Waals surface area contributed by atoms with Crippen LogP contribution in [0.4, 0.5) is 5.69 Å². The second-order valence-electron chi connectivity index (χ2n) is 10.1. The first-order valence-electron chi connectivity index (χ1n) is 11.9. The Morgan fingerprint density at radius 2 is 1.66 bits per heavy atom. The van der Waals surface area contributed by atoms with E-state index in [-0.39, 0.29) is 17.4 Å². The van der Waals surface area contributed by atoms with Crippen molar-refractivity contribution < 1.29 is 9.47 Å². The van der Waals surface area contributed by atoms with Gasteiger partial charge >= 0.3 is 0 Å². The summed E-state index contributed by atoms with van der Waals surface area (Å²) < 4.78 is 11.7. The maximum Gasteiger partial charge on any atom is 0.188 e. The maximum absolute atomic E-state index is 6.37. The number of para-hydroxylation sites is 1. The van der Waals surface area contributed by atoms with Crippen LogP contribution in [0.3, 0.4) is 0 Å². The number of aryl methyl sites for hydroxylation is 1. The summed E-state index contributed by atoms with van der Waals surface area (Å²) in [5, 5.41) is 1.45. The molecular formula is C28H44NO2P. The second kappa shape index (κ2) is 11.5. The van der Waals surface area contributed by atoms with E-state index in [1.54, 1.807) is 7.11 Å². The fourth-order valence-electron chi connectivity index (χ4n) is 4.38. The van der Waals surface area contributed by atoms with Gasteiger partial charge in [-0.2, -0.15) is 0 Å². The minimum absolute atomic E-state index is 0.0151. The average Bonchev–Trinajstić information content (AvgIpc) is 2.74. The van der Waals surface area contributed by atoms with Gasteiger partial charge in [0, 0.05) is 43.2 Å². The third-order valence-electron chi connectivity index (χ3n) is 6.20. The van der Waals surface area contributed by atoms with Gasteiger partial charge in [0.2, 0.25) is 0 Å². The number of ether oxygens (including phenoxy) is 2. The molecule has 0 fully saturated rings. The van der Waals surface area contributed by atoms with Crippen LogP contribution in [0, 0.1) is 6.92 Å². The van der Waals surface area contributed by atoms with E-state index < -0.39 is 0 Å². The van der Waals surface area contributed by atoms with Crippen molar-refractivity contribution in [3.05, 3.63) is 53.1 Å². The van der Waals surface area contributed by atoms with Gasteiger partial charge in [0.15, 0.2) is 6.79 Å². The van der Waals surface area contributed by atoms with Crippen molar-refractivity contribution in [2.45, 2.75) is 77.8 Å². The lowest BCUT2D eigenvalue weighted by molar-refractivity contribution is 0.0485. The zero-order chi connectivity index (χ0) is 23.9. The molecule has 0 aliphatic rings. The Balaban J connectivity index is 2.78. The number of nitrogens with zero attached hydrogens (tertiary/aromatic N) is 1. The Morgan fingerprint density at radius 1 is 1.00 bits per heavy atom. The molecule has 4 heteroatoms. The Bertz CT molecular complexity index is 872. The highest BCUT2D eigenvalue weighted by atomic mass is 31.1. The average molecular weight is 458 g/mol.